The number of carbonyl (C=O) groups excluding carboxylic acids is 2. The predicted octanol–water partition coefficient (Wildman–Crippen LogP) is 0.306. The Bertz CT molecular complexity index is 778. The van der Waals surface area contributed by atoms with E-state index in [1.807, 2.05) is 0 Å². The van der Waals surface area contributed by atoms with Gasteiger partial charge in [-0.25, -0.2) is 9.78 Å². The number of amides is 2. The van der Waals surface area contributed by atoms with Crippen LogP contribution in [0.2, 0.25) is 0 Å². The Kier molecular flexibility index (Phi) is 5.16. The molecule has 0 radical (unpaired) electrons. The number of aromatic amines is 1. The number of aromatic nitrogens is 2. The maximum atomic E-state index is 12.4. The second kappa shape index (κ2) is 7.68. The number of nitrogens with one attached hydrogen (secondary N) is 3. The molecule has 1 aromatic carbocycles. The van der Waals surface area contributed by atoms with E-state index in [0.717, 1.165) is 0 Å². The van der Waals surface area contributed by atoms with E-state index in [1.54, 1.807) is 36.5 Å². The number of carboxylic acid groups (broad SMARTS) is 1. The summed E-state index contributed by atoms with van der Waals surface area (Å²) in [6.45, 7) is 0.0740. The molecule has 0 bridgehead atoms. The molecule has 1 aliphatic rings. The number of carbonyl (C=O) groups is 3. The van der Waals surface area contributed by atoms with Crippen molar-refractivity contribution < 1.29 is 19.5 Å². The molecule has 9 heteroatoms. The summed E-state index contributed by atoms with van der Waals surface area (Å²) in [5.74, 6) is -1.24. The lowest BCUT2D eigenvalue weighted by atomic mass is 10.1. The number of H-pyrrole nitrogens is 1. The number of benzene rings is 1. The molecule has 1 aromatic heterocycles. The van der Waals surface area contributed by atoms with E-state index in [4.69, 9.17) is 0 Å². The highest BCUT2D eigenvalue weighted by molar-refractivity contribution is 5.94. The van der Waals surface area contributed by atoms with Crippen molar-refractivity contribution in [3.05, 3.63) is 48.4 Å². The molecule has 2 aromatic rings. The van der Waals surface area contributed by atoms with Crippen LogP contribution in [0.25, 0.3) is 0 Å². The van der Waals surface area contributed by atoms with Crippen molar-refractivity contribution in [1.82, 2.24) is 20.2 Å². The van der Waals surface area contributed by atoms with Gasteiger partial charge in [0.1, 0.15) is 11.9 Å². The Labute approximate surface area is 149 Å². The molecule has 2 unspecified atom stereocenters. The van der Waals surface area contributed by atoms with Crippen LogP contribution in [0.15, 0.2) is 42.9 Å². The third kappa shape index (κ3) is 4.00. The van der Waals surface area contributed by atoms with Crippen LogP contribution in [-0.2, 0) is 9.59 Å². The van der Waals surface area contributed by atoms with E-state index in [9.17, 15) is 19.5 Å². The van der Waals surface area contributed by atoms with Crippen molar-refractivity contribution in [1.29, 1.82) is 0 Å². The fourth-order valence-corrected chi connectivity index (χ4v) is 2.93. The SMILES string of the molecule is O=C(NC1CC(C(=O)O)N(C(=O)CNc2c[nH]cn2)C1)c1ccccc1. The van der Waals surface area contributed by atoms with E-state index in [0.29, 0.717) is 11.4 Å². The number of anilines is 1. The van der Waals surface area contributed by atoms with E-state index in [2.05, 4.69) is 20.6 Å². The van der Waals surface area contributed by atoms with Crippen molar-refractivity contribution >= 4 is 23.6 Å². The average Bonchev–Trinajstić information content (AvgIpc) is 3.30. The third-order valence-electron chi connectivity index (χ3n) is 4.20. The molecule has 26 heavy (non-hydrogen) atoms. The second-order valence-electron chi connectivity index (χ2n) is 5.98. The first kappa shape index (κ1) is 17.5. The molecule has 0 saturated carbocycles. The molecule has 4 N–H and O–H groups in total. The van der Waals surface area contributed by atoms with Gasteiger partial charge >= 0.3 is 5.97 Å². The minimum absolute atomic E-state index is 0.0754. The number of aliphatic carboxylic acids is 1. The minimum atomic E-state index is -1.09. The standard InChI is InChI=1S/C17H19N5O4/c23-15(8-19-14-7-18-10-20-14)22-9-12(6-13(22)17(25)26)21-16(24)11-4-2-1-3-5-11/h1-5,7,10,12-13,19H,6,8-9H2,(H,18,20)(H,21,24)(H,25,26). The first-order valence-electron chi connectivity index (χ1n) is 8.15. The monoisotopic (exact) mass is 357 g/mol. The van der Waals surface area contributed by atoms with Gasteiger partial charge in [0, 0.05) is 30.8 Å². The zero-order valence-electron chi connectivity index (χ0n) is 13.9. The van der Waals surface area contributed by atoms with Gasteiger partial charge in [-0.3, -0.25) is 9.59 Å². The summed E-state index contributed by atoms with van der Waals surface area (Å²) >= 11 is 0. The number of likely N-dealkylation sites (tertiary alicyclic amines) is 1. The van der Waals surface area contributed by atoms with Crippen LogP contribution in [-0.4, -0.2) is 62.9 Å². The van der Waals surface area contributed by atoms with Gasteiger partial charge in [-0.2, -0.15) is 0 Å². The smallest absolute Gasteiger partial charge is 0.326 e. The fraction of sp³-hybridized carbons (Fsp3) is 0.294. The fourth-order valence-electron chi connectivity index (χ4n) is 2.93. The molecule has 3 rings (SSSR count). The van der Waals surface area contributed by atoms with Gasteiger partial charge in [0.25, 0.3) is 5.91 Å². The summed E-state index contributed by atoms with van der Waals surface area (Å²) in [6, 6.07) is 7.27. The van der Waals surface area contributed by atoms with E-state index >= 15 is 0 Å². The van der Waals surface area contributed by atoms with E-state index in [1.165, 1.54) is 11.2 Å². The van der Waals surface area contributed by atoms with Gasteiger partial charge in [0.15, 0.2) is 0 Å². The lowest BCUT2D eigenvalue weighted by Gasteiger charge is -2.21. The summed E-state index contributed by atoms with van der Waals surface area (Å²) < 4.78 is 0. The Morgan fingerprint density at radius 1 is 1.27 bits per heavy atom. The van der Waals surface area contributed by atoms with Crippen molar-refractivity contribution in [2.45, 2.75) is 18.5 Å². The number of hydrogen-bond acceptors (Lipinski definition) is 5. The van der Waals surface area contributed by atoms with Crippen molar-refractivity contribution in [2.24, 2.45) is 0 Å². The van der Waals surface area contributed by atoms with Crippen LogP contribution in [0.1, 0.15) is 16.8 Å². The lowest BCUT2D eigenvalue weighted by molar-refractivity contribution is -0.147. The topological polar surface area (TPSA) is 127 Å². The Balaban J connectivity index is 1.61. The van der Waals surface area contributed by atoms with Crippen LogP contribution >= 0.6 is 0 Å². The van der Waals surface area contributed by atoms with Gasteiger partial charge in [-0.15, -0.1) is 0 Å². The van der Waals surface area contributed by atoms with Crippen LogP contribution in [0.5, 0.6) is 0 Å². The number of nitrogens with zero attached hydrogens (tertiary/aromatic N) is 2. The van der Waals surface area contributed by atoms with Gasteiger partial charge in [0.2, 0.25) is 5.91 Å². The Morgan fingerprint density at radius 3 is 2.69 bits per heavy atom. The first-order valence-corrected chi connectivity index (χ1v) is 8.15. The van der Waals surface area contributed by atoms with Crippen LogP contribution < -0.4 is 10.6 Å². The zero-order valence-corrected chi connectivity index (χ0v) is 13.9. The molecule has 0 aliphatic carbocycles. The molecular formula is C17H19N5O4. The Hall–Kier alpha value is -3.36. The van der Waals surface area contributed by atoms with Crippen LogP contribution in [0.4, 0.5) is 5.82 Å². The van der Waals surface area contributed by atoms with Crippen molar-refractivity contribution in [3.63, 3.8) is 0 Å². The predicted molar refractivity (Wildman–Crippen MR) is 92.5 cm³/mol. The third-order valence-corrected chi connectivity index (χ3v) is 4.20. The molecule has 136 valence electrons. The summed E-state index contributed by atoms with van der Waals surface area (Å²) in [6.07, 6.45) is 3.23. The van der Waals surface area contributed by atoms with E-state index < -0.39 is 18.1 Å². The molecule has 2 amide bonds. The van der Waals surface area contributed by atoms with Crippen molar-refractivity contribution in [2.75, 3.05) is 18.4 Å². The minimum Gasteiger partial charge on any atom is -0.480 e. The number of hydrogen-bond donors (Lipinski definition) is 4. The molecule has 1 saturated heterocycles. The molecule has 9 nitrogen and oxygen atoms in total. The highest BCUT2D eigenvalue weighted by Gasteiger charge is 2.40. The number of imidazole rings is 1. The van der Waals surface area contributed by atoms with E-state index in [-0.39, 0.29) is 31.3 Å². The normalized spacial score (nSPS) is 19.2. The summed E-state index contributed by atoms with van der Waals surface area (Å²) in [5, 5.41) is 15.0. The summed E-state index contributed by atoms with van der Waals surface area (Å²) in [4.78, 5) is 44.1. The number of carboxylic acids is 1. The maximum Gasteiger partial charge on any atom is 0.326 e. The number of rotatable bonds is 6. The molecule has 0 spiro atoms. The molecular weight excluding hydrogens is 338 g/mol. The summed E-state index contributed by atoms with van der Waals surface area (Å²) in [7, 11) is 0. The van der Waals surface area contributed by atoms with Crippen LogP contribution in [0, 0.1) is 0 Å². The van der Waals surface area contributed by atoms with Gasteiger partial charge in [-0.1, -0.05) is 18.2 Å². The van der Waals surface area contributed by atoms with Crippen LogP contribution in [0.3, 0.4) is 0 Å². The average molecular weight is 357 g/mol. The second-order valence-corrected chi connectivity index (χ2v) is 5.98. The molecule has 1 aliphatic heterocycles. The Morgan fingerprint density at radius 2 is 2.04 bits per heavy atom. The first-order chi connectivity index (χ1) is 12.5. The molecule has 1 fully saturated rings. The highest BCUT2D eigenvalue weighted by Crippen LogP contribution is 2.19. The molecule has 2 atom stereocenters. The van der Waals surface area contributed by atoms with Gasteiger partial charge in [-0.05, 0) is 12.1 Å². The lowest BCUT2D eigenvalue weighted by Crippen LogP contribution is -2.44. The molecule has 2 heterocycles. The largest absolute Gasteiger partial charge is 0.480 e. The zero-order chi connectivity index (χ0) is 18.5. The van der Waals surface area contributed by atoms with Crippen molar-refractivity contribution in [3.8, 4) is 0 Å². The van der Waals surface area contributed by atoms with Gasteiger partial charge < -0.3 is 25.6 Å². The van der Waals surface area contributed by atoms with Gasteiger partial charge in [0.05, 0.1) is 12.9 Å². The maximum absolute atomic E-state index is 12.4. The highest BCUT2D eigenvalue weighted by atomic mass is 16.4. The summed E-state index contributed by atoms with van der Waals surface area (Å²) in [5.41, 5.74) is 0.490. The quantitative estimate of drug-likeness (QED) is 0.589.